The van der Waals surface area contributed by atoms with Crippen molar-refractivity contribution in [2.75, 3.05) is 5.32 Å². The van der Waals surface area contributed by atoms with Gasteiger partial charge in [-0.05, 0) is 79.0 Å². The van der Waals surface area contributed by atoms with Crippen molar-refractivity contribution in [2.24, 2.45) is 4.99 Å². The number of aliphatic imine (C=N–C) groups is 1. The number of nitrogens with zero attached hydrogens (tertiary/aromatic N) is 1. The molecular formula is C24H28ClFN2. The van der Waals surface area contributed by atoms with Gasteiger partial charge < -0.3 is 5.32 Å². The standard InChI is InChI=1S/C24H28ClFN2/c1-4-21(27-17-6-5-7-17)15-8-11-22-19(12-15)24(2,3)14-23(28-22)18-13-16(25)9-10-20(18)26/h8-13,17,23,28H,4-7,14H2,1-3H3. The number of fused-ring (bicyclic) bond motifs is 1. The van der Waals surface area contributed by atoms with Crippen molar-refractivity contribution in [1.82, 2.24) is 0 Å². The fourth-order valence-corrected chi connectivity index (χ4v) is 4.52. The van der Waals surface area contributed by atoms with Crippen LogP contribution in [0.2, 0.25) is 5.02 Å². The fraction of sp³-hybridized carbons (Fsp3) is 0.458. The van der Waals surface area contributed by atoms with E-state index >= 15 is 0 Å². The van der Waals surface area contributed by atoms with Gasteiger partial charge in [0.15, 0.2) is 0 Å². The maximum atomic E-state index is 14.4. The summed E-state index contributed by atoms with van der Waals surface area (Å²) in [6, 6.07) is 11.8. The molecule has 0 spiro atoms. The monoisotopic (exact) mass is 398 g/mol. The van der Waals surface area contributed by atoms with Gasteiger partial charge in [0.1, 0.15) is 5.82 Å². The van der Waals surface area contributed by atoms with Gasteiger partial charge in [-0.1, -0.05) is 38.4 Å². The van der Waals surface area contributed by atoms with E-state index in [-0.39, 0.29) is 17.3 Å². The third kappa shape index (κ3) is 3.69. The van der Waals surface area contributed by atoms with E-state index in [0.717, 1.165) is 18.5 Å². The van der Waals surface area contributed by atoms with E-state index in [1.54, 1.807) is 12.1 Å². The average Bonchev–Trinajstić information content (AvgIpc) is 2.62. The molecular weight excluding hydrogens is 371 g/mol. The number of hydrogen-bond donors (Lipinski definition) is 1. The Hall–Kier alpha value is -1.87. The summed E-state index contributed by atoms with van der Waals surface area (Å²) in [6.07, 6.45) is 5.48. The number of anilines is 1. The van der Waals surface area contributed by atoms with Crippen LogP contribution in [0.4, 0.5) is 10.1 Å². The molecule has 1 fully saturated rings. The Morgan fingerprint density at radius 1 is 1.21 bits per heavy atom. The smallest absolute Gasteiger partial charge is 0.128 e. The molecule has 1 N–H and O–H groups in total. The molecule has 1 heterocycles. The molecule has 2 nitrogen and oxygen atoms in total. The van der Waals surface area contributed by atoms with Crippen LogP contribution in [0.15, 0.2) is 41.4 Å². The molecule has 2 aromatic rings. The topological polar surface area (TPSA) is 24.4 Å². The Kier molecular flexibility index (Phi) is 5.22. The summed E-state index contributed by atoms with van der Waals surface area (Å²) in [5.74, 6) is -0.210. The number of nitrogens with one attached hydrogen (secondary N) is 1. The Bertz CT molecular complexity index is 915. The van der Waals surface area contributed by atoms with Crippen LogP contribution in [0.5, 0.6) is 0 Å². The molecule has 0 bridgehead atoms. The van der Waals surface area contributed by atoms with Gasteiger partial charge in [-0.25, -0.2) is 4.39 Å². The maximum absolute atomic E-state index is 14.4. The minimum Gasteiger partial charge on any atom is -0.378 e. The summed E-state index contributed by atoms with van der Waals surface area (Å²) < 4.78 is 14.4. The van der Waals surface area contributed by atoms with Crippen molar-refractivity contribution in [3.8, 4) is 0 Å². The lowest BCUT2D eigenvalue weighted by molar-refractivity contribution is 0.418. The number of benzene rings is 2. The van der Waals surface area contributed by atoms with E-state index in [9.17, 15) is 4.39 Å². The first-order valence-corrected chi connectivity index (χ1v) is 10.7. The second-order valence-electron chi connectivity index (χ2n) is 8.73. The first-order valence-electron chi connectivity index (χ1n) is 10.3. The van der Waals surface area contributed by atoms with Crippen LogP contribution in [0, 0.1) is 5.82 Å². The number of rotatable bonds is 4. The van der Waals surface area contributed by atoms with Crippen molar-refractivity contribution < 1.29 is 4.39 Å². The van der Waals surface area contributed by atoms with Crippen LogP contribution in [-0.4, -0.2) is 11.8 Å². The molecule has 4 rings (SSSR count). The van der Waals surface area contributed by atoms with E-state index in [1.807, 2.05) is 0 Å². The maximum Gasteiger partial charge on any atom is 0.128 e. The Labute approximate surface area is 172 Å². The molecule has 148 valence electrons. The van der Waals surface area contributed by atoms with Crippen LogP contribution < -0.4 is 5.32 Å². The summed E-state index contributed by atoms with van der Waals surface area (Å²) >= 11 is 6.13. The van der Waals surface area contributed by atoms with Crippen molar-refractivity contribution in [2.45, 2.75) is 70.4 Å². The zero-order chi connectivity index (χ0) is 19.9. The van der Waals surface area contributed by atoms with Gasteiger partial charge in [-0.2, -0.15) is 0 Å². The average molecular weight is 399 g/mol. The molecule has 2 aromatic carbocycles. The molecule has 0 radical (unpaired) electrons. The van der Waals surface area contributed by atoms with Gasteiger partial charge in [0.25, 0.3) is 0 Å². The summed E-state index contributed by atoms with van der Waals surface area (Å²) in [7, 11) is 0. The van der Waals surface area contributed by atoms with E-state index < -0.39 is 0 Å². The Morgan fingerprint density at radius 2 is 2.00 bits per heavy atom. The van der Waals surface area contributed by atoms with Gasteiger partial charge in [-0.15, -0.1) is 0 Å². The molecule has 1 unspecified atom stereocenters. The summed E-state index contributed by atoms with van der Waals surface area (Å²) in [5.41, 5.74) is 5.32. The van der Waals surface area contributed by atoms with Crippen molar-refractivity contribution in [1.29, 1.82) is 0 Å². The molecule has 2 aliphatic rings. The molecule has 1 aliphatic carbocycles. The van der Waals surface area contributed by atoms with Crippen LogP contribution in [0.1, 0.15) is 75.6 Å². The fourth-order valence-electron chi connectivity index (χ4n) is 4.34. The SMILES string of the molecule is CCC(=NC1CCC1)c1ccc2c(c1)C(C)(C)CC(c1cc(Cl)ccc1F)N2. The highest BCUT2D eigenvalue weighted by molar-refractivity contribution is 6.30. The lowest BCUT2D eigenvalue weighted by Gasteiger charge is -2.39. The largest absolute Gasteiger partial charge is 0.378 e. The molecule has 4 heteroatoms. The third-order valence-electron chi connectivity index (χ3n) is 6.21. The van der Waals surface area contributed by atoms with E-state index in [2.05, 4.69) is 44.3 Å². The highest BCUT2D eigenvalue weighted by Crippen LogP contribution is 2.45. The summed E-state index contributed by atoms with van der Waals surface area (Å²) in [6.45, 7) is 6.65. The third-order valence-corrected chi connectivity index (χ3v) is 6.44. The Balaban J connectivity index is 1.68. The van der Waals surface area contributed by atoms with Crippen molar-refractivity contribution >= 4 is 23.0 Å². The molecule has 1 aliphatic heterocycles. The van der Waals surface area contributed by atoms with Crippen LogP contribution in [-0.2, 0) is 5.41 Å². The van der Waals surface area contributed by atoms with Crippen LogP contribution in [0.3, 0.4) is 0 Å². The molecule has 1 saturated carbocycles. The molecule has 0 aromatic heterocycles. The second kappa shape index (κ2) is 7.51. The minimum absolute atomic E-state index is 0.0780. The van der Waals surface area contributed by atoms with Gasteiger partial charge in [0.05, 0.1) is 12.1 Å². The van der Waals surface area contributed by atoms with Gasteiger partial charge in [0, 0.05) is 22.0 Å². The highest BCUT2D eigenvalue weighted by Gasteiger charge is 2.35. The van der Waals surface area contributed by atoms with Crippen LogP contribution >= 0.6 is 11.6 Å². The predicted octanol–water partition coefficient (Wildman–Crippen LogP) is 7.07. The van der Waals surface area contributed by atoms with E-state index in [0.29, 0.717) is 16.6 Å². The summed E-state index contributed by atoms with van der Waals surface area (Å²) in [5, 5.41) is 4.11. The van der Waals surface area contributed by atoms with E-state index in [4.69, 9.17) is 16.6 Å². The normalized spacial score (nSPS) is 21.6. The summed E-state index contributed by atoms with van der Waals surface area (Å²) in [4.78, 5) is 4.98. The predicted molar refractivity (Wildman–Crippen MR) is 116 cm³/mol. The first-order chi connectivity index (χ1) is 13.4. The van der Waals surface area contributed by atoms with E-state index in [1.165, 1.54) is 42.2 Å². The zero-order valence-electron chi connectivity index (χ0n) is 16.9. The minimum atomic E-state index is -0.210. The zero-order valence-corrected chi connectivity index (χ0v) is 17.6. The molecule has 0 saturated heterocycles. The lowest BCUT2D eigenvalue weighted by Crippen LogP contribution is -2.32. The van der Waals surface area contributed by atoms with Gasteiger partial charge in [0.2, 0.25) is 0 Å². The Morgan fingerprint density at radius 3 is 2.68 bits per heavy atom. The van der Waals surface area contributed by atoms with Crippen molar-refractivity contribution in [3.05, 3.63) is 63.9 Å². The van der Waals surface area contributed by atoms with Crippen LogP contribution in [0.25, 0.3) is 0 Å². The highest BCUT2D eigenvalue weighted by atomic mass is 35.5. The quantitative estimate of drug-likeness (QED) is 0.547. The number of halogens is 2. The molecule has 28 heavy (non-hydrogen) atoms. The number of hydrogen-bond acceptors (Lipinski definition) is 2. The second-order valence-corrected chi connectivity index (χ2v) is 9.16. The van der Waals surface area contributed by atoms with Crippen molar-refractivity contribution in [3.63, 3.8) is 0 Å². The van der Waals surface area contributed by atoms with Gasteiger partial charge in [-0.3, -0.25) is 4.99 Å². The molecule has 1 atom stereocenters. The van der Waals surface area contributed by atoms with Gasteiger partial charge >= 0.3 is 0 Å². The lowest BCUT2D eigenvalue weighted by atomic mass is 9.73. The first kappa shape index (κ1) is 19.4. The molecule has 0 amide bonds.